The Bertz CT molecular complexity index is 295. The molecule has 1 aliphatic rings. The topological polar surface area (TPSA) is 76.0 Å². The summed E-state index contributed by atoms with van der Waals surface area (Å²) in [5.74, 6) is -0.421. The summed E-state index contributed by atoms with van der Waals surface area (Å²) in [6, 6.07) is 0. The fourth-order valence-electron chi connectivity index (χ4n) is 1.18. The zero-order valence-corrected chi connectivity index (χ0v) is 9.84. The van der Waals surface area contributed by atoms with E-state index in [2.05, 4.69) is 0 Å². The van der Waals surface area contributed by atoms with Crippen LogP contribution in [-0.4, -0.2) is 27.4 Å². The maximum absolute atomic E-state index is 11.6. The highest BCUT2D eigenvalue weighted by Crippen LogP contribution is 2.51. The van der Waals surface area contributed by atoms with Gasteiger partial charge in [0.15, 0.2) is 0 Å². The average Bonchev–Trinajstić information content (AvgIpc) is 2.47. The van der Waals surface area contributed by atoms with Gasteiger partial charge < -0.3 is 8.92 Å². The van der Waals surface area contributed by atoms with E-state index in [0.717, 1.165) is 0 Å². The molecule has 0 atom stereocenters. The molecule has 0 fully saturated rings. The average molecular weight is 236 g/mol. The molecule has 0 unspecified atom stereocenters. The molecular weight excluding hydrogens is 220 g/mol. The third kappa shape index (κ3) is 2.64. The number of carbonyl (C=O) groups is 1. The Morgan fingerprint density at radius 1 is 1.67 bits per heavy atom. The molecule has 0 aromatic carbocycles. The standard InChI is InChI=1S/C9H16O5S/c1-4-13-8(10)9(2,3)7-5-14-15(11,12)6-7/h5,11-12H,4,6H2,1-3H3. The number of hydrogen-bond acceptors (Lipinski definition) is 5. The van der Waals surface area contributed by atoms with Crippen LogP contribution in [0.2, 0.25) is 0 Å². The molecule has 2 N–H and O–H groups in total. The minimum atomic E-state index is -3.03. The largest absolute Gasteiger partial charge is 0.465 e. The van der Waals surface area contributed by atoms with Crippen LogP contribution in [0.15, 0.2) is 11.8 Å². The van der Waals surface area contributed by atoms with E-state index in [1.54, 1.807) is 20.8 Å². The van der Waals surface area contributed by atoms with Gasteiger partial charge in [0, 0.05) is 0 Å². The fourth-order valence-corrected chi connectivity index (χ4v) is 2.35. The lowest BCUT2D eigenvalue weighted by atomic mass is 9.86. The summed E-state index contributed by atoms with van der Waals surface area (Å²) in [4.78, 5) is 11.6. The summed E-state index contributed by atoms with van der Waals surface area (Å²) >= 11 is 0. The van der Waals surface area contributed by atoms with Gasteiger partial charge in [0.2, 0.25) is 0 Å². The Labute approximate surface area is 90.6 Å². The Balaban J connectivity index is 2.75. The van der Waals surface area contributed by atoms with Crippen molar-refractivity contribution in [1.29, 1.82) is 0 Å². The van der Waals surface area contributed by atoms with Crippen LogP contribution in [-0.2, 0) is 13.7 Å². The highest BCUT2D eigenvalue weighted by molar-refractivity contribution is 8.20. The first kappa shape index (κ1) is 12.4. The number of hydrogen-bond donors (Lipinski definition) is 2. The lowest BCUT2D eigenvalue weighted by Crippen LogP contribution is -2.29. The highest BCUT2D eigenvalue weighted by Gasteiger charge is 2.41. The van der Waals surface area contributed by atoms with Crippen molar-refractivity contribution in [2.75, 3.05) is 12.4 Å². The van der Waals surface area contributed by atoms with Gasteiger partial charge in [-0.25, -0.2) is 0 Å². The first-order chi connectivity index (χ1) is 6.79. The molecule has 0 radical (unpaired) electrons. The molecule has 6 heteroatoms. The zero-order chi connectivity index (χ0) is 11.7. The van der Waals surface area contributed by atoms with Crippen LogP contribution in [0.1, 0.15) is 20.8 Å². The summed E-state index contributed by atoms with van der Waals surface area (Å²) < 4.78 is 28.1. The predicted octanol–water partition coefficient (Wildman–Crippen LogP) is 2.16. The molecule has 0 amide bonds. The Kier molecular flexibility index (Phi) is 3.32. The van der Waals surface area contributed by atoms with Crippen LogP contribution in [0.4, 0.5) is 0 Å². The number of esters is 1. The summed E-state index contributed by atoms with van der Waals surface area (Å²) in [7, 11) is -3.03. The second-order valence-corrected chi connectivity index (χ2v) is 5.53. The molecule has 1 heterocycles. The Hall–Kier alpha value is -0.720. The first-order valence-corrected chi connectivity index (χ1v) is 6.24. The Morgan fingerprint density at radius 2 is 2.27 bits per heavy atom. The van der Waals surface area contributed by atoms with E-state index in [1.165, 1.54) is 6.26 Å². The maximum atomic E-state index is 11.6. The predicted molar refractivity (Wildman–Crippen MR) is 57.3 cm³/mol. The van der Waals surface area contributed by atoms with Crippen molar-refractivity contribution < 1.29 is 22.8 Å². The molecule has 5 nitrogen and oxygen atoms in total. The van der Waals surface area contributed by atoms with Gasteiger partial charge >= 0.3 is 5.97 Å². The van der Waals surface area contributed by atoms with Crippen molar-refractivity contribution in [2.45, 2.75) is 20.8 Å². The zero-order valence-electron chi connectivity index (χ0n) is 9.02. The second kappa shape index (κ2) is 4.03. The first-order valence-electron chi connectivity index (χ1n) is 4.60. The van der Waals surface area contributed by atoms with Crippen LogP contribution < -0.4 is 0 Å². The molecule has 0 aromatic rings. The highest BCUT2D eigenvalue weighted by atomic mass is 32.3. The molecule has 0 aliphatic carbocycles. The van der Waals surface area contributed by atoms with Crippen LogP contribution >= 0.6 is 10.9 Å². The van der Waals surface area contributed by atoms with E-state index in [9.17, 15) is 13.9 Å². The third-order valence-electron chi connectivity index (χ3n) is 2.28. The number of rotatable bonds is 3. The smallest absolute Gasteiger partial charge is 0.315 e. The maximum Gasteiger partial charge on any atom is 0.315 e. The van der Waals surface area contributed by atoms with Crippen LogP contribution in [0, 0.1) is 5.41 Å². The van der Waals surface area contributed by atoms with Crippen molar-refractivity contribution in [3.05, 3.63) is 11.8 Å². The summed E-state index contributed by atoms with van der Waals surface area (Å²) in [6.07, 6.45) is 1.24. The van der Waals surface area contributed by atoms with Gasteiger partial charge in [-0.3, -0.25) is 13.9 Å². The van der Waals surface area contributed by atoms with E-state index < -0.39 is 22.3 Å². The van der Waals surface area contributed by atoms with Gasteiger partial charge in [0.25, 0.3) is 0 Å². The molecule has 1 rings (SSSR count). The monoisotopic (exact) mass is 236 g/mol. The van der Waals surface area contributed by atoms with E-state index in [1.807, 2.05) is 0 Å². The van der Waals surface area contributed by atoms with Crippen molar-refractivity contribution >= 4 is 16.8 Å². The van der Waals surface area contributed by atoms with Gasteiger partial charge in [-0.15, -0.1) is 0 Å². The minimum Gasteiger partial charge on any atom is -0.465 e. The molecule has 0 spiro atoms. The van der Waals surface area contributed by atoms with Crippen LogP contribution in [0.25, 0.3) is 0 Å². The lowest BCUT2D eigenvalue weighted by Gasteiger charge is -2.24. The lowest BCUT2D eigenvalue weighted by molar-refractivity contribution is -0.151. The fraction of sp³-hybridized carbons (Fsp3) is 0.667. The number of ether oxygens (including phenoxy) is 1. The normalized spacial score (nSPS) is 21.5. The van der Waals surface area contributed by atoms with Gasteiger partial charge in [-0.1, -0.05) is 0 Å². The van der Waals surface area contributed by atoms with Gasteiger partial charge in [0.1, 0.15) is 17.1 Å². The SMILES string of the molecule is CCOC(=O)C(C)(C)C1=COS(O)(O)C1. The molecule has 0 aromatic heterocycles. The Morgan fingerprint density at radius 3 is 2.67 bits per heavy atom. The van der Waals surface area contributed by atoms with E-state index >= 15 is 0 Å². The van der Waals surface area contributed by atoms with E-state index in [-0.39, 0.29) is 5.75 Å². The molecule has 88 valence electrons. The second-order valence-electron chi connectivity index (χ2n) is 3.84. The van der Waals surface area contributed by atoms with Crippen molar-refractivity contribution in [3.8, 4) is 0 Å². The summed E-state index contributed by atoms with van der Waals surface area (Å²) in [5, 5.41) is 0. The van der Waals surface area contributed by atoms with Gasteiger partial charge in [-0.05, 0) is 26.3 Å². The minimum absolute atomic E-state index is 0.0290. The van der Waals surface area contributed by atoms with Crippen molar-refractivity contribution in [1.82, 2.24) is 0 Å². The van der Waals surface area contributed by atoms with Crippen LogP contribution in [0.3, 0.4) is 0 Å². The third-order valence-corrected chi connectivity index (χ3v) is 3.37. The summed E-state index contributed by atoms with van der Waals surface area (Å²) in [5.41, 5.74) is -0.336. The molecule has 1 aliphatic heterocycles. The quantitative estimate of drug-likeness (QED) is 0.734. The number of carbonyl (C=O) groups excluding carboxylic acids is 1. The van der Waals surface area contributed by atoms with E-state index in [4.69, 9.17) is 8.92 Å². The van der Waals surface area contributed by atoms with Gasteiger partial charge in [0.05, 0.1) is 17.8 Å². The van der Waals surface area contributed by atoms with Crippen LogP contribution in [0.5, 0.6) is 0 Å². The molecule has 0 bridgehead atoms. The molecule has 0 saturated carbocycles. The summed E-state index contributed by atoms with van der Waals surface area (Å²) in [6.45, 7) is 5.36. The van der Waals surface area contributed by atoms with Crippen molar-refractivity contribution in [3.63, 3.8) is 0 Å². The molecule has 0 saturated heterocycles. The van der Waals surface area contributed by atoms with Gasteiger partial charge in [-0.2, -0.15) is 0 Å². The van der Waals surface area contributed by atoms with Crippen molar-refractivity contribution in [2.24, 2.45) is 5.41 Å². The molecule has 15 heavy (non-hydrogen) atoms. The molecular formula is C9H16O5S. The van der Waals surface area contributed by atoms with E-state index in [0.29, 0.717) is 12.2 Å².